The van der Waals surface area contributed by atoms with Gasteiger partial charge < -0.3 is 4.74 Å². The number of nitrogens with zero attached hydrogens (tertiary/aromatic N) is 3. The van der Waals surface area contributed by atoms with Gasteiger partial charge in [0.1, 0.15) is 6.10 Å². The lowest BCUT2D eigenvalue weighted by Crippen LogP contribution is -2.58. The van der Waals surface area contributed by atoms with Gasteiger partial charge in [0.25, 0.3) is 5.88 Å². The van der Waals surface area contributed by atoms with Crippen LogP contribution in [0.1, 0.15) is 12.0 Å². The highest BCUT2D eigenvalue weighted by atomic mass is 32.2. The number of halogens is 1. The minimum absolute atomic E-state index is 0.0462. The van der Waals surface area contributed by atoms with E-state index in [1.807, 2.05) is 24.0 Å². The summed E-state index contributed by atoms with van der Waals surface area (Å²) in [5.74, 6) is 0.642. The fourth-order valence-electron chi connectivity index (χ4n) is 3.34. The fraction of sp³-hybridized carbons (Fsp3) is 0.412. The van der Waals surface area contributed by atoms with E-state index in [9.17, 15) is 4.39 Å². The molecule has 23 heavy (non-hydrogen) atoms. The molecule has 0 aliphatic carbocycles. The summed E-state index contributed by atoms with van der Waals surface area (Å²) < 4.78 is 19.6. The van der Waals surface area contributed by atoms with Crippen molar-refractivity contribution < 1.29 is 9.13 Å². The van der Waals surface area contributed by atoms with Crippen molar-refractivity contribution in [2.75, 3.05) is 18.8 Å². The fourth-order valence-corrected chi connectivity index (χ4v) is 4.92. The van der Waals surface area contributed by atoms with E-state index in [0.29, 0.717) is 0 Å². The normalized spacial score (nSPS) is 22.9. The topological polar surface area (TPSA) is 38.2 Å². The summed E-state index contributed by atoms with van der Waals surface area (Å²) >= 11 is 1.95. The molecule has 2 aliphatic rings. The lowest BCUT2D eigenvalue weighted by molar-refractivity contribution is 0.0895. The van der Waals surface area contributed by atoms with Crippen LogP contribution in [-0.2, 0) is 6.54 Å². The summed E-state index contributed by atoms with van der Waals surface area (Å²) in [6.07, 6.45) is 6.28. The van der Waals surface area contributed by atoms with Gasteiger partial charge in [-0.25, -0.2) is 9.37 Å². The van der Waals surface area contributed by atoms with Crippen LogP contribution in [0.2, 0.25) is 0 Å². The lowest BCUT2D eigenvalue weighted by Gasteiger charge is -2.47. The van der Waals surface area contributed by atoms with Crippen molar-refractivity contribution in [1.29, 1.82) is 0 Å². The monoisotopic (exact) mass is 331 g/mol. The Labute approximate surface area is 139 Å². The Morgan fingerprint density at radius 2 is 2.17 bits per heavy atom. The van der Waals surface area contributed by atoms with Gasteiger partial charge in [-0.05, 0) is 23.8 Å². The second-order valence-corrected chi connectivity index (χ2v) is 7.72. The van der Waals surface area contributed by atoms with Crippen molar-refractivity contribution in [3.63, 3.8) is 0 Å². The minimum atomic E-state index is -0.384. The van der Waals surface area contributed by atoms with Crippen molar-refractivity contribution in [2.24, 2.45) is 0 Å². The maximum absolute atomic E-state index is 13.6. The first kappa shape index (κ1) is 14.9. The number of pyridine rings is 2. The predicted octanol–water partition coefficient (Wildman–Crippen LogP) is 2.75. The Kier molecular flexibility index (Phi) is 3.95. The quantitative estimate of drug-likeness (QED) is 0.861. The zero-order valence-electron chi connectivity index (χ0n) is 12.7. The Morgan fingerprint density at radius 3 is 2.96 bits per heavy atom. The number of rotatable bonds is 4. The van der Waals surface area contributed by atoms with E-state index in [4.69, 9.17) is 4.74 Å². The van der Waals surface area contributed by atoms with Crippen LogP contribution >= 0.6 is 11.8 Å². The Morgan fingerprint density at radius 1 is 1.30 bits per heavy atom. The maximum atomic E-state index is 13.6. The first-order valence-corrected chi connectivity index (χ1v) is 8.73. The Bertz CT molecular complexity index is 679. The van der Waals surface area contributed by atoms with Gasteiger partial charge in [-0.3, -0.25) is 9.88 Å². The van der Waals surface area contributed by atoms with E-state index in [2.05, 4.69) is 20.9 Å². The molecule has 0 N–H and O–H groups in total. The summed E-state index contributed by atoms with van der Waals surface area (Å²) in [5, 5.41) is 0. The lowest BCUT2D eigenvalue weighted by atomic mass is 9.92. The van der Waals surface area contributed by atoms with Crippen molar-refractivity contribution >= 4 is 11.8 Å². The van der Waals surface area contributed by atoms with E-state index in [1.165, 1.54) is 11.6 Å². The molecule has 0 bridgehead atoms. The van der Waals surface area contributed by atoms with E-state index in [0.717, 1.165) is 31.8 Å². The molecule has 6 heteroatoms. The summed E-state index contributed by atoms with van der Waals surface area (Å²) in [6.45, 7) is 3.05. The van der Waals surface area contributed by atoms with Gasteiger partial charge in [0, 0.05) is 55.1 Å². The van der Waals surface area contributed by atoms with Crippen molar-refractivity contribution in [3.05, 3.63) is 54.2 Å². The molecule has 2 aromatic rings. The number of ether oxygens (including phenoxy) is 1. The first-order chi connectivity index (χ1) is 11.2. The molecule has 120 valence electrons. The van der Waals surface area contributed by atoms with Crippen LogP contribution in [0, 0.1) is 5.82 Å². The summed E-state index contributed by atoms with van der Waals surface area (Å²) in [6, 6.07) is 7.05. The maximum Gasteiger partial charge on any atom is 0.250 e. The molecule has 1 spiro atoms. The summed E-state index contributed by atoms with van der Waals surface area (Å²) in [7, 11) is 0. The first-order valence-electron chi connectivity index (χ1n) is 7.75. The number of hydrogen-bond acceptors (Lipinski definition) is 5. The molecule has 2 aliphatic heterocycles. The molecule has 0 radical (unpaired) electrons. The molecule has 2 fully saturated rings. The molecule has 0 amide bonds. The van der Waals surface area contributed by atoms with Crippen LogP contribution in [0.5, 0.6) is 5.88 Å². The molecule has 2 saturated heterocycles. The van der Waals surface area contributed by atoms with Gasteiger partial charge in [0.2, 0.25) is 0 Å². The van der Waals surface area contributed by atoms with Gasteiger partial charge in [0.05, 0.1) is 0 Å². The third-order valence-electron chi connectivity index (χ3n) is 4.33. The number of thioether (sulfide) groups is 1. The molecule has 2 aromatic heterocycles. The zero-order valence-corrected chi connectivity index (χ0v) is 13.5. The molecular formula is C17H18FN3OS. The average Bonchev–Trinajstić information content (AvgIpc) is 2.94. The van der Waals surface area contributed by atoms with Crippen LogP contribution in [0.4, 0.5) is 4.39 Å². The second kappa shape index (κ2) is 6.09. The number of aromatic nitrogens is 2. The highest BCUT2D eigenvalue weighted by molar-refractivity contribution is 8.01. The largest absolute Gasteiger partial charge is 0.471 e. The third-order valence-corrected chi connectivity index (χ3v) is 5.91. The molecule has 4 nitrogen and oxygen atoms in total. The van der Waals surface area contributed by atoms with Gasteiger partial charge in [-0.2, -0.15) is 0 Å². The summed E-state index contributed by atoms with van der Waals surface area (Å²) in [5.41, 5.74) is 1.24. The molecule has 0 aromatic carbocycles. The van der Waals surface area contributed by atoms with Crippen molar-refractivity contribution in [3.8, 4) is 5.88 Å². The van der Waals surface area contributed by atoms with Crippen LogP contribution in [0.3, 0.4) is 0 Å². The highest BCUT2D eigenvalue weighted by Crippen LogP contribution is 2.46. The molecule has 1 atom stereocenters. The zero-order chi connectivity index (χ0) is 15.7. The van der Waals surface area contributed by atoms with Crippen LogP contribution < -0.4 is 4.74 Å². The number of hydrogen-bond donors (Lipinski definition) is 0. The average molecular weight is 331 g/mol. The molecular weight excluding hydrogens is 313 g/mol. The standard InChI is InChI=1S/C17H18FN3OS/c18-15-4-2-6-20-16(15)22-14-7-17(23-10-14)11-21(12-17)9-13-3-1-5-19-8-13/h1-6,8,14H,7,9-12H2/t14-/m0/s1. The van der Waals surface area contributed by atoms with Gasteiger partial charge >= 0.3 is 0 Å². The summed E-state index contributed by atoms with van der Waals surface area (Å²) in [4.78, 5) is 10.6. The van der Waals surface area contributed by atoms with Crippen molar-refractivity contribution in [2.45, 2.75) is 23.8 Å². The Balaban J connectivity index is 1.31. The minimum Gasteiger partial charge on any atom is -0.471 e. The van der Waals surface area contributed by atoms with Crippen molar-refractivity contribution in [1.82, 2.24) is 14.9 Å². The second-order valence-electron chi connectivity index (χ2n) is 6.23. The third kappa shape index (κ3) is 3.19. The van der Waals surface area contributed by atoms with Gasteiger partial charge in [-0.15, -0.1) is 11.8 Å². The SMILES string of the molecule is Fc1cccnc1O[C@@H]1CSC2(C1)CN(Cc1cccnc1)C2. The molecule has 4 rings (SSSR count). The smallest absolute Gasteiger partial charge is 0.250 e. The molecule has 0 unspecified atom stereocenters. The van der Waals surface area contributed by atoms with E-state index >= 15 is 0 Å². The molecule has 0 saturated carbocycles. The van der Waals surface area contributed by atoms with Crippen LogP contribution in [0.15, 0.2) is 42.9 Å². The van der Waals surface area contributed by atoms with Crippen LogP contribution in [-0.4, -0.2) is 44.6 Å². The predicted molar refractivity (Wildman–Crippen MR) is 87.9 cm³/mol. The van der Waals surface area contributed by atoms with Gasteiger partial charge in [-0.1, -0.05) is 6.07 Å². The molecule has 4 heterocycles. The van der Waals surface area contributed by atoms with Gasteiger partial charge in [0.15, 0.2) is 5.82 Å². The van der Waals surface area contributed by atoms with E-state index in [-0.39, 0.29) is 22.5 Å². The Hall–Kier alpha value is -1.66. The highest BCUT2D eigenvalue weighted by Gasteiger charge is 2.49. The van der Waals surface area contributed by atoms with E-state index < -0.39 is 0 Å². The van der Waals surface area contributed by atoms with E-state index in [1.54, 1.807) is 18.5 Å². The number of likely N-dealkylation sites (tertiary alicyclic amines) is 1. The van der Waals surface area contributed by atoms with Crippen LogP contribution in [0.25, 0.3) is 0 Å².